The maximum atomic E-state index is 11.3. The van der Waals surface area contributed by atoms with E-state index in [0.717, 1.165) is 5.69 Å². The number of para-hydroxylation sites is 1. The van der Waals surface area contributed by atoms with Crippen molar-refractivity contribution in [3.05, 3.63) is 30.3 Å². The monoisotopic (exact) mass is 177 g/mol. The van der Waals surface area contributed by atoms with E-state index in [1.165, 1.54) is 7.05 Å². The van der Waals surface area contributed by atoms with Crippen molar-refractivity contribution in [2.75, 3.05) is 18.5 Å². The van der Waals surface area contributed by atoms with Crippen LogP contribution in [0.5, 0.6) is 0 Å². The number of carbonyl (C=O) groups is 1. The van der Waals surface area contributed by atoms with E-state index < -0.39 is 0 Å². The standard InChI is InChI=1S/C10H13N2O/c1-3-12(10(13)11-2)9-7-5-4-6-8-9/h4-8H,3H2,1-2H3. The van der Waals surface area contributed by atoms with Crippen molar-refractivity contribution < 1.29 is 4.79 Å². The Bertz CT molecular complexity index is 272. The number of anilines is 1. The van der Waals surface area contributed by atoms with E-state index in [1.807, 2.05) is 37.3 Å². The van der Waals surface area contributed by atoms with Gasteiger partial charge in [-0.05, 0) is 19.1 Å². The Kier molecular flexibility index (Phi) is 3.31. The molecule has 0 atom stereocenters. The van der Waals surface area contributed by atoms with Crippen molar-refractivity contribution >= 4 is 11.7 Å². The fraction of sp³-hybridized carbons (Fsp3) is 0.300. The topological polar surface area (TPSA) is 34.4 Å². The Balaban J connectivity index is 2.85. The van der Waals surface area contributed by atoms with Crippen LogP contribution in [-0.4, -0.2) is 19.6 Å². The van der Waals surface area contributed by atoms with Gasteiger partial charge in [-0.15, -0.1) is 0 Å². The summed E-state index contributed by atoms with van der Waals surface area (Å²) in [6.45, 7) is 2.57. The zero-order valence-electron chi connectivity index (χ0n) is 7.90. The number of hydrogen-bond acceptors (Lipinski definition) is 1. The molecule has 0 saturated carbocycles. The minimum Gasteiger partial charge on any atom is -0.293 e. The summed E-state index contributed by atoms with van der Waals surface area (Å²) in [6.07, 6.45) is 0. The smallest absolute Gasteiger partial charge is 0.293 e. The van der Waals surface area contributed by atoms with Gasteiger partial charge in [-0.2, -0.15) is 0 Å². The van der Waals surface area contributed by atoms with Gasteiger partial charge in [-0.3, -0.25) is 4.90 Å². The third-order valence-corrected chi connectivity index (χ3v) is 1.81. The van der Waals surface area contributed by atoms with Crippen molar-refractivity contribution in [3.8, 4) is 0 Å². The molecular weight excluding hydrogens is 164 g/mol. The second-order valence-corrected chi connectivity index (χ2v) is 2.59. The molecule has 3 heteroatoms. The second kappa shape index (κ2) is 4.50. The lowest BCUT2D eigenvalue weighted by molar-refractivity contribution is 0.248. The Morgan fingerprint density at radius 2 is 2.00 bits per heavy atom. The van der Waals surface area contributed by atoms with E-state index in [4.69, 9.17) is 0 Å². The third-order valence-electron chi connectivity index (χ3n) is 1.81. The number of nitrogens with zero attached hydrogens (tertiary/aromatic N) is 2. The lowest BCUT2D eigenvalue weighted by Gasteiger charge is -2.18. The molecule has 0 saturated heterocycles. The highest BCUT2D eigenvalue weighted by atomic mass is 16.2. The first-order chi connectivity index (χ1) is 6.29. The molecule has 3 nitrogen and oxygen atoms in total. The quantitative estimate of drug-likeness (QED) is 0.679. The molecule has 2 amide bonds. The van der Waals surface area contributed by atoms with Crippen LogP contribution >= 0.6 is 0 Å². The number of amides is 2. The molecule has 0 aliphatic carbocycles. The molecule has 0 bridgehead atoms. The maximum Gasteiger partial charge on any atom is 0.343 e. The van der Waals surface area contributed by atoms with E-state index >= 15 is 0 Å². The highest BCUT2D eigenvalue weighted by molar-refractivity contribution is 5.91. The molecule has 0 fully saturated rings. The summed E-state index contributed by atoms with van der Waals surface area (Å²) in [4.78, 5) is 12.9. The van der Waals surface area contributed by atoms with Crippen LogP contribution < -0.4 is 10.2 Å². The molecule has 0 aliphatic heterocycles. The normalized spacial score (nSPS) is 9.38. The lowest BCUT2D eigenvalue weighted by atomic mass is 10.3. The molecule has 69 valence electrons. The van der Waals surface area contributed by atoms with E-state index in [-0.39, 0.29) is 6.03 Å². The number of hydrogen-bond donors (Lipinski definition) is 0. The molecule has 0 aromatic heterocycles. The first kappa shape index (κ1) is 9.58. The van der Waals surface area contributed by atoms with Crippen molar-refractivity contribution in [2.24, 2.45) is 0 Å². The van der Waals surface area contributed by atoms with Gasteiger partial charge in [0.25, 0.3) is 0 Å². The lowest BCUT2D eigenvalue weighted by Crippen LogP contribution is -2.34. The molecule has 1 aromatic rings. The number of urea groups is 1. The summed E-state index contributed by atoms with van der Waals surface area (Å²) in [5, 5.41) is 3.62. The molecule has 13 heavy (non-hydrogen) atoms. The van der Waals surface area contributed by atoms with Crippen molar-refractivity contribution in [2.45, 2.75) is 6.92 Å². The first-order valence-electron chi connectivity index (χ1n) is 4.26. The predicted octanol–water partition coefficient (Wildman–Crippen LogP) is 1.87. The summed E-state index contributed by atoms with van der Waals surface area (Å²) in [5.74, 6) is 0. The van der Waals surface area contributed by atoms with Gasteiger partial charge >= 0.3 is 6.03 Å². The highest BCUT2D eigenvalue weighted by Crippen LogP contribution is 2.12. The average molecular weight is 177 g/mol. The van der Waals surface area contributed by atoms with Crippen LogP contribution in [0.15, 0.2) is 30.3 Å². The Labute approximate surface area is 78.4 Å². The third kappa shape index (κ3) is 2.21. The molecule has 0 N–H and O–H groups in total. The van der Waals surface area contributed by atoms with Crippen molar-refractivity contribution in [1.29, 1.82) is 0 Å². The van der Waals surface area contributed by atoms with Crippen molar-refractivity contribution in [3.63, 3.8) is 0 Å². The summed E-state index contributed by atoms with van der Waals surface area (Å²) in [5.41, 5.74) is 0.889. The summed E-state index contributed by atoms with van der Waals surface area (Å²) in [7, 11) is 1.51. The molecule has 0 spiro atoms. The van der Waals surface area contributed by atoms with E-state index in [0.29, 0.717) is 6.54 Å². The van der Waals surface area contributed by atoms with E-state index in [1.54, 1.807) is 4.90 Å². The van der Waals surface area contributed by atoms with Gasteiger partial charge in [0.05, 0.1) is 0 Å². The van der Waals surface area contributed by atoms with Gasteiger partial charge in [-0.25, -0.2) is 10.1 Å². The molecule has 1 rings (SSSR count). The molecule has 1 aromatic carbocycles. The maximum absolute atomic E-state index is 11.3. The van der Waals surface area contributed by atoms with E-state index in [2.05, 4.69) is 5.32 Å². The minimum atomic E-state index is -0.200. The van der Waals surface area contributed by atoms with Crippen molar-refractivity contribution in [1.82, 2.24) is 5.32 Å². The molecule has 0 heterocycles. The van der Waals surface area contributed by atoms with Crippen LogP contribution in [0.4, 0.5) is 10.5 Å². The fourth-order valence-electron chi connectivity index (χ4n) is 1.16. The molecule has 1 radical (unpaired) electrons. The van der Waals surface area contributed by atoms with Gasteiger partial charge in [0.15, 0.2) is 0 Å². The van der Waals surface area contributed by atoms with Crippen LogP contribution in [0.25, 0.3) is 0 Å². The Morgan fingerprint density at radius 1 is 1.38 bits per heavy atom. The van der Waals surface area contributed by atoms with Crippen LogP contribution in [-0.2, 0) is 0 Å². The van der Waals surface area contributed by atoms with E-state index in [9.17, 15) is 4.79 Å². The van der Waals surface area contributed by atoms with Crippen LogP contribution in [0, 0.1) is 0 Å². The molecular formula is C10H13N2O. The summed E-state index contributed by atoms with van der Waals surface area (Å²) in [6, 6.07) is 9.32. The van der Waals surface area contributed by atoms with Gasteiger partial charge in [0.1, 0.15) is 0 Å². The minimum absolute atomic E-state index is 0.200. The molecule has 0 aliphatic rings. The van der Waals surface area contributed by atoms with Gasteiger partial charge in [-0.1, -0.05) is 18.2 Å². The summed E-state index contributed by atoms with van der Waals surface area (Å²) < 4.78 is 0. The fourth-order valence-corrected chi connectivity index (χ4v) is 1.16. The van der Waals surface area contributed by atoms with Crippen LogP contribution in [0.3, 0.4) is 0 Å². The van der Waals surface area contributed by atoms with Crippen LogP contribution in [0.2, 0.25) is 0 Å². The van der Waals surface area contributed by atoms with Gasteiger partial charge in [0.2, 0.25) is 0 Å². The van der Waals surface area contributed by atoms with Gasteiger partial charge < -0.3 is 0 Å². The second-order valence-electron chi connectivity index (χ2n) is 2.59. The summed E-state index contributed by atoms with van der Waals surface area (Å²) >= 11 is 0. The van der Waals surface area contributed by atoms with Gasteiger partial charge in [0, 0.05) is 19.3 Å². The number of carbonyl (C=O) groups excluding carboxylic acids is 1. The predicted molar refractivity (Wildman–Crippen MR) is 52.9 cm³/mol. The highest BCUT2D eigenvalue weighted by Gasteiger charge is 2.11. The zero-order chi connectivity index (χ0) is 9.68. The first-order valence-corrected chi connectivity index (χ1v) is 4.26. The van der Waals surface area contributed by atoms with Crippen LogP contribution in [0.1, 0.15) is 6.92 Å². The number of benzene rings is 1. The molecule has 0 unspecified atom stereocenters. The zero-order valence-corrected chi connectivity index (χ0v) is 7.90. The Hall–Kier alpha value is -1.51. The largest absolute Gasteiger partial charge is 0.343 e. The average Bonchev–Trinajstić information content (AvgIpc) is 2.20. The Morgan fingerprint density at radius 3 is 2.46 bits per heavy atom. The SMILES string of the molecule is CCN(C(=O)[N]C)c1ccccc1. The number of rotatable bonds is 2.